The predicted molar refractivity (Wildman–Crippen MR) is 292 cm³/mol. The van der Waals surface area contributed by atoms with E-state index in [0.717, 1.165) is 5.56 Å². The van der Waals surface area contributed by atoms with E-state index in [1.807, 2.05) is 31.2 Å². The first-order chi connectivity index (χ1) is 37.5. The van der Waals surface area contributed by atoms with E-state index in [1.165, 1.54) is 12.1 Å². The van der Waals surface area contributed by atoms with Gasteiger partial charge in [0, 0.05) is 53.0 Å². The van der Waals surface area contributed by atoms with Crippen LogP contribution in [0.4, 0.5) is 0 Å². The summed E-state index contributed by atoms with van der Waals surface area (Å²) in [6.45, 7) is 11.4. The van der Waals surface area contributed by atoms with E-state index in [4.69, 9.17) is 78.0 Å². The second kappa shape index (κ2) is 50.5. The van der Waals surface area contributed by atoms with Gasteiger partial charge in [-0.15, -0.1) is 0 Å². The van der Waals surface area contributed by atoms with Crippen molar-refractivity contribution in [1.82, 2.24) is 15.0 Å². The van der Waals surface area contributed by atoms with E-state index in [-0.39, 0.29) is 23.9 Å². The van der Waals surface area contributed by atoms with Crippen LogP contribution in [0, 0.1) is 6.92 Å². The molecular formula is C46H65Br3N12O15S. The number of aromatic hydroxyl groups is 1. The van der Waals surface area contributed by atoms with Crippen molar-refractivity contribution < 1.29 is 69.8 Å². The van der Waals surface area contributed by atoms with Gasteiger partial charge in [-0.3, -0.25) is 4.18 Å². The van der Waals surface area contributed by atoms with E-state index in [0.29, 0.717) is 170 Å². The molecule has 0 aliphatic heterocycles. The molecule has 0 atom stereocenters. The molecule has 4 rings (SSSR count). The zero-order chi connectivity index (χ0) is 56.1. The number of ether oxygens (including phenoxy) is 11. The summed E-state index contributed by atoms with van der Waals surface area (Å²) in [5, 5.41) is 18.8. The maximum absolute atomic E-state index is 11.9. The van der Waals surface area contributed by atoms with Crippen LogP contribution >= 0.6 is 47.8 Å². The summed E-state index contributed by atoms with van der Waals surface area (Å²) in [4.78, 5) is 19.8. The minimum absolute atomic E-state index is 0.0568. The third kappa shape index (κ3) is 41.7. The number of hydrogen-bond acceptors (Lipinski definition) is 21. The molecule has 0 unspecified atom stereocenters. The summed E-state index contributed by atoms with van der Waals surface area (Å²) in [5.74, 6) is 1.56. The average molecular weight is 1300 g/mol. The molecule has 0 saturated carbocycles. The SMILES string of the molecule is Cc1ccc(S(=O)(=O)OCCOCCOCCOCCN=[N+]=[N-])cc1.Oc1cccnc1Br.[N-]=[N+]=NCCOCCOCCOCCOc1cccnc1Br.[N-]=[N+]=NCCOCCOCCOCCOc1cccnc1Br. The van der Waals surface area contributed by atoms with Crippen molar-refractivity contribution in [3.05, 3.63) is 130 Å². The van der Waals surface area contributed by atoms with Gasteiger partial charge in [-0.05, 0) is 120 Å². The Morgan fingerprint density at radius 2 is 0.766 bits per heavy atom. The molecule has 3 aromatic heterocycles. The van der Waals surface area contributed by atoms with E-state index in [2.05, 4.69) is 92.8 Å². The molecule has 27 nitrogen and oxygen atoms in total. The van der Waals surface area contributed by atoms with Gasteiger partial charge in [0.1, 0.15) is 32.8 Å². The highest BCUT2D eigenvalue weighted by atomic mass is 79.9. The van der Waals surface area contributed by atoms with Gasteiger partial charge in [0.05, 0.1) is 130 Å². The zero-order valence-corrected chi connectivity index (χ0v) is 48.1. The molecule has 0 bridgehead atoms. The fourth-order valence-electron chi connectivity index (χ4n) is 4.81. The molecule has 0 aliphatic rings. The topological polar surface area (TPSA) is 350 Å². The van der Waals surface area contributed by atoms with Crippen molar-refractivity contribution in [2.24, 2.45) is 15.3 Å². The normalized spacial score (nSPS) is 10.4. The lowest BCUT2D eigenvalue weighted by Gasteiger charge is -2.08. The summed E-state index contributed by atoms with van der Waals surface area (Å²) in [7, 11) is -3.75. The first-order valence-electron chi connectivity index (χ1n) is 23.5. The molecule has 1 N–H and O–H groups in total. The molecule has 426 valence electrons. The maximum Gasteiger partial charge on any atom is 0.297 e. The maximum atomic E-state index is 11.9. The third-order valence-corrected chi connectivity index (χ3v) is 11.5. The minimum atomic E-state index is -3.75. The highest BCUT2D eigenvalue weighted by molar-refractivity contribution is 9.11. The summed E-state index contributed by atoms with van der Waals surface area (Å²) < 4.78 is 88.9. The Morgan fingerprint density at radius 1 is 0.455 bits per heavy atom. The van der Waals surface area contributed by atoms with Gasteiger partial charge in [0.2, 0.25) is 0 Å². The van der Waals surface area contributed by atoms with E-state index in [9.17, 15) is 8.42 Å². The molecule has 0 amide bonds. The summed E-state index contributed by atoms with van der Waals surface area (Å²) in [6.07, 6.45) is 4.97. The van der Waals surface area contributed by atoms with Gasteiger partial charge in [-0.1, -0.05) is 33.0 Å². The number of rotatable bonds is 40. The van der Waals surface area contributed by atoms with Crippen LogP contribution in [0.15, 0.2) is 113 Å². The van der Waals surface area contributed by atoms with Crippen LogP contribution < -0.4 is 9.47 Å². The largest absolute Gasteiger partial charge is 0.505 e. The Labute approximate surface area is 472 Å². The number of aryl methyl sites for hydroxylation is 1. The second-order valence-corrected chi connectivity index (χ2v) is 17.9. The fourth-order valence-corrected chi connectivity index (χ4v) is 6.68. The first kappa shape index (κ1) is 70.0. The van der Waals surface area contributed by atoms with E-state index in [1.54, 1.807) is 42.9 Å². The number of nitrogens with zero attached hydrogens (tertiary/aromatic N) is 12. The molecule has 0 spiro atoms. The summed E-state index contributed by atoms with van der Waals surface area (Å²) in [6, 6.07) is 17.0. The van der Waals surface area contributed by atoms with E-state index >= 15 is 0 Å². The quantitative estimate of drug-likeness (QED) is 0.0108. The van der Waals surface area contributed by atoms with Gasteiger partial charge < -0.3 is 57.2 Å². The van der Waals surface area contributed by atoms with Crippen molar-refractivity contribution in [2.75, 3.05) is 158 Å². The van der Waals surface area contributed by atoms with Gasteiger partial charge >= 0.3 is 0 Å². The number of hydrogen-bond donors (Lipinski definition) is 1. The molecule has 3 heterocycles. The van der Waals surface area contributed by atoms with Crippen molar-refractivity contribution in [1.29, 1.82) is 0 Å². The minimum Gasteiger partial charge on any atom is -0.505 e. The van der Waals surface area contributed by atoms with Crippen molar-refractivity contribution in [2.45, 2.75) is 11.8 Å². The number of halogens is 3. The average Bonchev–Trinajstić information content (AvgIpc) is 3.43. The van der Waals surface area contributed by atoms with Crippen LogP contribution in [0.3, 0.4) is 0 Å². The standard InChI is InChI=1S/C15H23N3O6S.2C13H19BrN4O4.C5H4BrNO/c1-14-2-4-15(5-3-14)25(19,20)24-13-12-23-11-10-22-9-8-21-7-6-17-18-16;2*14-13-12(2-1-3-16-13)22-11-10-21-9-8-20-7-6-19-5-4-17-18-15;6-5-4(8)2-1-3-7-5/h2-5H,6-13H2,1H3;2*1-3H,4-11H2;1-3,8H. The molecule has 77 heavy (non-hydrogen) atoms. The number of aromatic nitrogens is 3. The van der Waals surface area contributed by atoms with Crippen LogP contribution in [-0.2, 0) is 56.9 Å². The van der Waals surface area contributed by atoms with Crippen LogP contribution in [-0.4, -0.2) is 187 Å². The van der Waals surface area contributed by atoms with Crippen molar-refractivity contribution in [3.8, 4) is 17.2 Å². The van der Waals surface area contributed by atoms with Gasteiger partial charge in [-0.25, -0.2) is 15.0 Å². The lowest BCUT2D eigenvalue weighted by Crippen LogP contribution is -2.14. The highest BCUT2D eigenvalue weighted by Gasteiger charge is 2.14. The molecule has 4 aromatic rings. The van der Waals surface area contributed by atoms with Crippen molar-refractivity contribution >= 4 is 57.9 Å². The molecule has 0 fully saturated rings. The van der Waals surface area contributed by atoms with Crippen LogP contribution in [0.1, 0.15) is 5.56 Å². The molecule has 0 aliphatic carbocycles. The Bertz CT molecular complexity index is 2260. The van der Waals surface area contributed by atoms with Gasteiger partial charge in [-0.2, -0.15) is 8.42 Å². The highest BCUT2D eigenvalue weighted by Crippen LogP contribution is 2.22. The van der Waals surface area contributed by atoms with Crippen molar-refractivity contribution in [3.63, 3.8) is 0 Å². The summed E-state index contributed by atoms with van der Waals surface area (Å²) >= 11 is 9.64. The second-order valence-electron chi connectivity index (χ2n) is 14.1. The predicted octanol–water partition coefficient (Wildman–Crippen LogP) is 8.78. The number of azide groups is 3. The Hall–Kier alpha value is -5.01. The molecule has 1 aromatic carbocycles. The fraction of sp³-hybridized carbons (Fsp3) is 0.543. The zero-order valence-electron chi connectivity index (χ0n) is 42.5. The molecule has 0 radical (unpaired) electrons. The lowest BCUT2D eigenvalue weighted by molar-refractivity contribution is 0.0105. The molecule has 0 saturated heterocycles. The summed E-state index contributed by atoms with van der Waals surface area (Å²) in [5.41, 5.74) is 25.1. The first-order valence-corrected chi connectivity index (χ1v) is 27.3. The molecular weight excluding hydrogens is 1230 g/mol. The van der Waals surface area contributed by atoms with Crippen LogP contribution in [0.2, 0.25) is 0 Å². The Kier molecular flexibility index (Phi) is 45.9. The van der Waals surface area contributed by atoms with Gasteiger partial charge in [0.25, 0.3) is 10.1 Å². The van der Waals surface area contributed by atoms with Crippen LogP contribution in [0.5, 0.6) is 17.2 Å². The monoisotopic (exact) mass is 1290 g/mol. The third-order valence-electron chi connectivity index (χ3n) is 8.36. The van der Waals surface area contributed by atoms with Gasteiger partial charge in [0.15, 0.2) is 11.5 Å². The Balaban J connectivity index is 0.000000538. The van der Waals surface area contributed by atoms with E-state index < -0.39 is 10.1 Å². The smallest absolute Gasteiger partial charge is 0.297 e. The Morgan fingerprint density at radius 3 is 1.08 bits per heavy atom. The number of benzene rings is 1. The molecule has 31 heteroatoms. The number of pyridine rings is 3. The van der Waals surface area contributed by atoms with Crippen LogP contribution in [0.25, 0.3) is 31.3 Å². The lowest BCUT2D eigenvalue weighted by atomic mass is 10.2.